The Hall–Kier alpha value is -4.19. The first kappa shape index (κ1) is 29.9. The van der Waals surface area contributed by atoms with Gasteiger partial charge in [0.25, 0.3) is 0 Å². The molecule has 1 saturated carbocycles. The van der Waals surface area contributed by atoms with E-state index in [0.717, 1.165) is 43.6 Å². The molecule has 1 aliphatic heterocycles. The van der Waals surface area contributed by atoms with Gasteiger partial charge < -0.3 is 19.7 Å². The highest BCUT2D eigenvalue weighted by atomic mass is 32.2. The van der Waals surface area contributed by atoms with Crippen molar-refractivity contribution in [3.8, 4) is 5.88 Å². The number of benzene rings is 3. The number of aromatic amines is 1. The molecule has 0 bridgehead atoms. The molecule has 2 fully saturated rings. The monoisotopic (exact) mass is 615 g/mol. The van der Waals surface area contributed by atoms with Crippen LogP contribution >= 0.6 is 0 Å². The SMILES string of the molecule is CCOC(=O)N1CCN(Cc2ccc(N=C(c3ccccc3)c3c(O)[nH]c4ccc(S(=O)(=O)NCC5CC5)cc34)cc2)CC1. The quantitative estimate of drug-likeness (QED) is 0.216. The van der Waals surface area contributed by atoms with Gasteiger partial charge in [-0.1, -0.05) is 42.5 Å². The topological polar surface area (TPSA) is 127 Å². The Morgan fingerprint density at radius 3 is 2.43 bits per heavy atom. The Kier molecular flexibility index (Phi) is 8.69. The fraction of sp³-hybridized carbons (Fsp3) is 0.333. The number of carbonyl (C=O) groups is 1. The minimum absolute atomic E-state index is 0.0818. The second kappa shape index (κ2) is 12.8. The molecule has 1 amide bonds. The largest absolute Gasteiger partial charge is 0.494 e. The van der Waals surface area contributed by atoms with Crippen LogP contribution in [0.1, 0.15) is 36.5 Å². The number of rotatable bonds is 10. The number of nitrogens with zero attached hydrogens (tertiary/aromatic N) is 3. The van der Waals surface area contributed by atoms with Gasteiger partial charge in [0.05, 0.1) is 28.5 Å². The number of fused-ring (bicyclic) bond motifs is 1. The van der Waals surface area contributed by atoms with Crippen LogP contribution in [-0.4, -0.2) is 79.4 Å². The van der Waals surface area contributed by atoms with Gasteiger partial charge >= 0.3 is 6.09 Å². The number of H-pyrrole nitrogens is 1. The molecular weight excluding hydrogens is 578 g/mol. The molecule has 2 aliphatic rings. The van der Waals surface area contributed by atoms with E-state index in [9.17, 15) is 18.3 Å². The summed E-state index contributed by atoms with van der Waals surface area (Å²) in [7, 11) is -3.71. The summed E-state index contributed by atoms with van der Waals surface area (Å²) in [5.74, 6) is 0.326. The summed E-state index contributed by atoms with van der Waals surface area (Å²) in [4.78, 5) is 24.2. The second-order valence-electron chi connectivity index (χ2n) is 11.3. The molecule has 0 radical (unpaired) electrons. The molecule has 1 saturated heterocycles. The van der Waals surface area contributed by atoms with Crippen LogP contribution in [0, 0.1) is 5.92 Å². The molecule has 3 aromatic carbocycles. The zero-order valence-electron chi connectivity index (χ0n) is 24.7. The van der Waals surface area contributed by atoms with Crippen LogP contribution in [-0.2, 0) is 21.3 Å². The number of piperazine rings is 1. The van der Waals surface area contributed by atoms with E-state index in [1.165, 1.54) is 0 Å². The van der Waals surface area contributed by atoms with Gasteiger partial charge in [0.2, 0.25) is 10.0 Å². The molecule has 0 atom stereocenters. The van der Waals surface area contributed by atoms with E-state index in [1.807, 2.05) is 61.5 Å². The highest BCUT2D eigenvalue weighted by molar-refractivity contribution is 7.89. The highest BCUT2D eigenvalue weighted by Gasteiger charge is 2.26. The van der Waals surface area contributed by atoms with Crippen LogP contribution in [0.3, 0.4) is 0 Å². The first-order chi connectivity index (χ1) is 21.3. The Bertz CT molecular complexity index is 1760. The summed E-state index contributed by atoms with van der Waals surface area (Å²) >= 11 is 0. The summed E-state index contributed by atoms with van der Waals surface area (Å²) < 4.78 is 34.0. The fourth-order valence-corrected chi connectivity index (χ4v) is 6.57. The number of aliphatic imine (C=N–C) groups is 1. The van der Waals surface area contributed by atoms with Crippen molar-refractivity contribution in [3.63, 3.8) is 0 Å². The summed E-state index contributed by atoms with van der Waals surface area (Å²) in [5.41, 5.74) is 4.18. The van der Waals surface area contributed by atoms with Crippen molar-refractivity contribution >= 4 is 38.4 Å². The molecule has 1 aliphatic carbocycles. The van der Waals surface area contributed by atoms with Crippen molar-refractivity contribution in [2.75, 3.05) is 39.3 Å². The number of hydrogen-bond donors (Lipinski definition) is 3. The maximum Gasteiger partial charge on any atom is 0.409 e. The van der Waals surface area contributed by atoms with E-state index < -0.39 is 10.0 Å². The van der Waals surface area contributed by atoms with E-state index in [2.05, 4.69) is 14.6 Å². The predicted octanol–water partition coefficient (Wildman–Crippen LogP) is 5.01. The lowest BCUT2D eigenvalue weighted by Gasteiger charge is -2.34. The zero-order chi connectivity index (χ0) is 30.7. The van der Waals surface area contributed by atoms with Crippen molar-refractivity contribution in [1.29, 1.82) is 0 Å². The van der Waals surface area contributed by atoms with Crippen molar-refractivity contribution < 1.29 is 23.1 Å². The molecule has 6 rings (SSSR count). The first-order valence-electron chi connectivity index (χ1n) is 15.0. The van der Waals surface area contributed by atoms with E-state index in [0.29, 0.717) is 60.0 Å². The smallest absolute Gasteiger partial charge is 0.409 e. The van der Waals surface area contributed by atoms with Gasteiger partial charge in [-0.15, -0.1) is 0 Å². The van der Waals surface area contributed by atoms with Gasteiger partial charge in [0.1, 0.15) is 0 Å². The molecule has 11 heteroatoms. The fourth-order valence-electron chi connectivity index (χ4n) is 5.42. The molecule has 44 heavy (non-hydrogen) atoms. The number of sulfonamides is 1. The summed E-state index contributed by atoms with van der Waals surface area (Å²) in [6, 6.07) is 22.3. The maximum atomic E-state index is 13.1. The van der Waals surface area contributed by atoms with E-state index in [1.54, 1.807) is 23.1 Å². The van der Waals surface area contributed by atoms with Crippen LogP contribution in [0.2, 0.25) is 0 Å². The van der Waals surface area contributed by atoms with Gasteiger partial charge in [-0.2, -0.15) is 0 Å². The van der Waals surface area contributed by atoms with E-state index >= 15 is 0 Å². The third-order valence-electron chi connectivity index (χ3n) is 8.09. The molecule has 3 N–H and O–H groups in total. The van der Waals surface area contributed by atoms with E-state index in [4.69, 9.17) is 9.73 Å². The van der Waals surface area contributed by atoms with Crippen LogP contribution in [0.15, 0.2) is 82.7 Å². The summed E-state index contributed by atoms with van der Waals surface area (Å²) in [5, 5.41) is 11.7. The van der Waals surface area contributed by atoms with Crippen molar-refractivity contribution in [1.82, 2.24) is 19.5 Å². The summed E-state index contributed by atoms with van der Waals surface area (Å²) in [6.07, 6.45) is 1.83. The number of nitrogens with one attached hydrogen (secondary N) is 2. The number of aromatic hydroxyl groups is 1. The zero-order valence-corrected chi connectivity index (χ0v) is 25.5. The van der Waals surface area contributed by atoms with Gasteiger partial charge in [0, 0.05) is 55.7 Å². The van der Waals surface area contributed by atoms with Crippen molar-refractivity contribution in [2.24, 2.45) is 10.9 Å². The minimum atomic E-state index is -3.71. The molecule has 0 unspecified atom stereocenters. The third-order valence-corrected chi connectivity index (χ3v) is 9.51. The number of ether oxygens (including phenoxy) is 1. The Labute approximate surface area is 257 Å². The molecule has 2 heterocycles. The third kappa shape index (κ3) is 6.80. The summed E-state index contributed by atoms with van der Waals surface area (Å²) in [6.45, 7) is 6.18. The lowest BCUT2D eigenvalue weighted by Crippen LogP contribution is -2.48. The maximum absolute atomic E-state index is 13.1. The van der Waals surface area contributed by atoms with Crippen molar-refractivity contribution in [2.45, 2.75) is 31.2 Å². The Morgan fingerprint density at radius 2 is 1.75 bits per heavy atom. The van der Waals surface area contributed by atoms with Gasteiger partial charge in [-0.25, -0.2) is 22.9 Å². The number of amides is 1. The number of carbonyl (C=O) groups excluding carboxylic acids is 1. The first-order valence-corrected chi connectivity index (χ1v) is 16.5. The predicted molar refractivity (Wildman–Crippen MR) is 170 cm³/mol. The highest BCUT2D eigenvalue weighted by Crippen LogP contribution is 2.33. The van der Waals surface area contributed by atoms with E-state index in [-0.39, 0.29) is 16.9 Å². The van der Waals surface area contributed by atoms with Gasteiger partial charge in [-0.05, 0) is 61.6 Å². The average molecular weight is 616 g/mol. The number of hydrogen-bond acceptors (Lipinski definition) is 7. The molecule has 10 nitrogen and oxygen atoms in total. The van der Waals surface area contributed by atoms with Gasteiger partial charge in [0.15, 0.2) is 5.88 Å². The Balaban J connectivity index is 1.27. The lowest BCUT2D eigenvalue weighted by molar-refractivity contribution is 0.0778. The molecule has 0 spiro atoms. The van der Waals surface area contributed by atoms with Crippen LogP contribution in [0.25, 0.3) is 10.9 Å². The standard InChI is InChI=1S/C33H37N5O5S/c1-2-43-33(40)38-18-16-37(17-19-38)22-24-10-12-26(13-11-24)35-31(25-6-4-3-5-7-25)30-28-20-27(14-15-29(28)36-32(30)39)44(41,42)34-21-23-8-9-23/h3-7,10-15,20,23,34,36,39H,2,8-9,16-19,21-22H2,1H3. The van der Waals surface area contributed by atoms with Crippen LogP contribution in [0.4, 0.5) is 10.5 Å². The number of aromatic nitrogens is 1. The lowest BCUT2D eigenvalue weighted by atomic mass is 10.0. The normalized spacial score (nSPS) is 16.4. The molecule has 230 valence electrons. The van der Waals surface area contributed by atoms with Crippen LogP contribution in [0.5, 0.6) is 5.88 Å². The second-order valence-corrected chi connectivity index (χ2v) is 13.1. The van der Waals surface area contributed by atoms with Crippen molar-refractivity contribution in [3.05, 3.63) is 89.5 Å². The Morgan fingerprint density at radius 1 is 1.02 bits per heavy atom. The molecular formula is C33H37N5O5S. The van der Waals surface area contributed by atoms with Crippen LogP contribution < -0.4 is 4.72 Å². The average Bonchev–Trinajstić information content (AvgIpc) is 3.81. The molecule has 4 aromatic rings. The minimum Gasteiger partial charge on any atom is -0.494 e. The molecule has 1 aromatic heterocycles. The van der Waals surface area contributed by atoms with Gasteiger partial charge in [-0.3, -0.25) is 4.90 Å².